The van der Waals surface area contributed by atoms with Crippen LogP contribution in [0.3, 0.4) is 0 Å². The van der Waals surface area contributed by atoms with Crippen molar-refractivity contribution < 1.29 is 62.6 Å². The summed E-state index contributed by atoms with van der Waals surface area (Å²) in [5, 5.41) is 24.7. The maximum absolute atomic E-state index is 13.8. The van der Waals surface area contributed by atoms with Crippen molar-refractivity contribution in [2.75, 3.05) is 6.61 Å². The van der Waals surface area contributed by atoms with Crippen LogP contribution in [0.25, 0.3) is 0 Å². The van der Waals surface area contributed by atoms with Crippen LogP contribution in [0.5, 0.6) is 0 Å². The van der Waals surface area contributed by atoms with Gasteiger partial charge in [-0.25, -0.2) is 4.79 Å². The van der Waals surface area contributed by atoms with E-state index in [1.165, 1.54) is 19.1 Å². The molecule has 0 unspecified atom stereocenters. The molecule has 2 saturated carbocycles. The van der Waals surface area contributed by atoms with Crippen molar-refractivity contribution in [1.29, 1.82) is 0 Å². The Morgan fingerprint density at radius 2 is 1.50 bits per heavy atom. The molecule has 1 saturated heterocycles. The van der Waals surface area contributed by atoms with Crippen molar-refractivity contribution in [3.63, 3.8) is 0 Å². The van der Waals surface area contributed by atoms with E-state index >= 15 is 0 Å². The first-order valence-electron chi connectivity index (χ1n) is 15.4. The van der Waals surface area contributed by atoms with Gasteiger partial charge in [-0.1, -0.05) is 32.0 Å². The average molecular weight is 649 g/mol. The molecule has 0 aromatic heterocycles. The molecule has 1 aromatic carbocycles. The average Bonchev–Trinajstić information content (AvgIpc) is 3.14. The predicted molar refractivity (Wildman–Crippen MR) is 158 cm³/mol. The second-order valence-corrected chi connectivity index (χ2v) is 13.3. The summed E-state index contributed by atoms with van der Waals surface area (Å²) in [6, 6.07) is 7.88. The molecular weight excluding hydrogens is 604 g/mol. The first-order chi connectivity index (χ1) is 21.4. The second-order valence-electron chi connectivity index (χ2n) is 13.3. The van der Waals surface area contributed by atoms with E-state index in [-0.39, 0.29) is 5.56 Å². The fourth-order valence-corrected chi connectivity index (χ4v) is 7.80. The molecule has 3 aliphatic rings. The summed E-state index contributed by atoms with van der Waals surface area (Å²) in [5.41, 5.74) is -7.82. The summed E-state index contributed by atoms with van der Waals surface area (Å²) in [6.07, 6.45) is -7.94. The zero-order chi connectivity index (χ0) is 34.4. The van der Waals surface area contributed by atoms with E-state index in [0.717, 1.165) is 20.8 Å². The minimum atomic E-state index is -2.22. The van der Waals surface area contributed by atoms with Gasteiger partial charge in [-0.3, -0.25) is 19.2 Å². The molecular formula is C33H44O13. The van der Waals surface area contributed by atoms with Crippen LogP contribution < -0.4 is 0 Å². The monoisotopic (exact) mass is 648 g/mol. The number of aliphatic hydroxyl groups is 2. The number of ether oxygens (including phenoxy) is 6. The normalized spacial score (nSPS) is 36.4. The Labute approximate surface area is 267 Å². The fourth-order valence-electron chi connectivity index (χ4n) is 7.80. The summed E-state index contributed by atoms with van der Waals surface area (Å²) in [4.78, 5) is 65.1. The van der Waals surface area contributed by atoms with Crippen LogP contribution in [0.1, 0.15) is 78.6 Å². The van der Waals surface area contributed by atoms with Crippen LogP contribution >= 0.6 is 0 Å². The molecule has 2 aliphatic carbocycles. The fraction of sp³-hybridized carbons (Fsp3) is 0.667. The van der Waals surface area contributed by atoms with Crippen molar-refractivity contribution in [3.05, 3.63) is 35.9 Å². The number of hydrogen-bond donors (Lipinski definition) is 2. The van der Waals surface area contributed by atoms with Crippen molar-refractivity contribution in [3.8, 4) is 0 Å². The van der Waals surface area contributed by atoms with Crippen molar-refractivity contribution >= 4 is 29.8 Å². The van der Waals surface area contributed by atoms with Gasteiger partial charge in [0.05, 0.1) is 34.7 Å². The first-order valence-corrected chi connectivity index (χ1v) is 15.4. The molecule has 254 valence electrons. The lowest BCUT2D eigenvalue weighted by atomic mass is 9.45. The van der Waals surface area contributed by atoms with Crippen molar-refractivity contribution in [2.24, 2.45) is 17.3 Å². The highest BCUT2D eigenvalue weighted by Gasteiger charge is 2.88. The summed E-state index contributed by atoms with van der Waals surface area (Å²) in [6.45, 7) is 10.5. The molecule has 13 heteroatoms. The largest absolute Gasteiger partial charge is 0.464 e. The third-order valence-electron chi connectivity index (χ3n) is 9.70. The molecule has 1 heterocycles. The maximum atomic E-state index is 13.8. The number of carbonyl (C=O) groups excluding carboxylic acids is 5. The molecule has 46 heavy (non-hydrogen) atoms. The molecule has 1 aromatic rings. The van der Waals surface area contributed by atoms with Gasteiger partial charge in [-0.15, -0.1) is 0 Å². The van der Waals surface area contributed by atoms with Gasteiger partial charge >= 0.3 is 29.8 Å². The molecule has 3 fully saturated rings. The Hall–Kier alpha value is -3.55. The number of esters is 5. The van der Waals surface area contributed by atoms with E-state index < -0.39 is 107 Å². The van der Waals surface area contributed by atoms with Crippen LogP contribution in [0.4, 0.5) is 0 Å². The number of hydrogen-bond acceptors (Lipinski definition) is 13. The zero-order valence-electron chi connectivity index (χ0n) is 27.4. The highest BCUT2D eigenvalue weighted by Crippen LogP contribution is 2.69. The molecule has 1 aliphatic heterocycles. The van der Waals surface area contributed by atoms with E-state index in [1.54, 1.807) is 45.9 Å². The molecule has 10 atom stereocenters. The van der Waals surface area contributed by atoms with Crippen molar-refractivity contribution in [2.45, 2.75) is 116 Å². The van der Waals surface area contributed by atoms with Gasteiger partial charge in [0.25, 0.3) is 0 Å². The minimum Gasteiger partial charge on any atom is -0.464 e. The lowest BCUT2D eigenvalue weighted by Gasteiger charge is -2.66. The van der Waals surface area contributed by atoms with Gasteiger partial charge in [0, 0.05) is 27.2 Å². The van der Waals surface area contributed by atoms with E-state index in [9.17, 15) is 34.2 Å². The van der Waals surface area contributed by atoms with Gasteiger partial charge in [0.15, 0.2) is 12.2 Å². The number of benzene rings is 1. The van der Waals surface area contributed by atoms with Gasteiger partial charge in [0.2, 0.25) is 0 Å². The van der Waals surface area contributed by atoms with Crippen molar-refractivity contribution in [1.82, 2.24) is 0 Å². The third kappa shape index (κ3) is 5.66. The molecule has 2 bridgehead atoms. The maximum Gasteiger partial charge on any atom is 0.338 e. The van der Waals surface area contributed by atoms with Gasteiger partial charge in [-0.05, 0) is 39.3 Å². The quantitative estimate of drug-likeness (QED) is 0.294. The molecule has 1 spiro atoms. The highest BCUT2D eigenvalue weighted by atomic mass is 16.6. The Bertz CT molecular complexity index is 1360. The molecule has 2 N–H and O–H groups in total. The predicted octanol–water partition coefficient (Wildman–Crippen LogP) is 2.28. The molecule has 4 rings (SSSR count). The lowest BCUT2D eigenvalue weighted by Crippen LogP contribution is -2.85. The summed E-state index contributed by atoms with van der Waals surface area (Å²) in [5.74, 6) is -5.76. The molecule has 13 nitrogen and oxygen atoms in total. The van der Waals surface area contributed by atoms with Crippen LogP contribution in [-0.4, -0.2) is 94.0 Å². The standard InChI is InChI=1S/C33H44O13/c1-9-17(2)28(38)41-16-32-26(44-20(5)36)22(42-18(3)34)15-31(8,40)33(32)25(37)23(30(6,7)46-33)24(43-19(4)35)27(32)45-29(39)21-13-11-10-12-14-21/h10-14,17,22-27,37,40H,9,15-16H2,1-8H3/t17-,22+,23-,24+,25-,26+,27-,31+,32+,33+/m1/s1. The van der Waals surface area contributed by atoms with E-state index in [2.05, 4.69) is 0 Å². The third-order valence-corrected chi connectivity index (χ3v) is 9.70. The van der Waals surface area contributed by atoms with Gasteiger partial charge in [0.1, 0.15) is 29.8 Å². The Kier molecular flexibility index (Phi) is 9.65. The number of rotatable bonds is 9. The smallest absolute Gasteiger partial charge is 0.338 e. The van der Waals surface area contributed by atoms with Crippen LogP contribution in [0.15, 0.2) is 30.3 Å². The summed E-state index contributed by atoms with van der Waals surface area (Å²) < 4.78 is 36.1. The van der Waals surface area contributed by atoms with E-state index in [4.69, 9.17) is 28.4 Å². The van der Waals surface area contributed by atoms with Crippen LogP contribution in [-0.2, 0) is 47.6 Å². The first kappa shape index (κ1) is 35.3. The number of fused-ring (bicyclic) bond motifs is 1. The number of carbonyl (C=O) groups is 5. The Balaban J connectivity index is 2.11. The molecule has 0 amide bonds. The SMILES string of the molecule is CC[C@@H](C)C(=O)OC[C@]12[C@H](OC(=O)c3ccccc3)[C@@H](OC(C)=O)[C@@H]3[C@@H](O)[C@]1(OC3(C)C)[C@@](C)(O)C[C@H](OC(C)=O)[C@@H]2OC(C)=O. The Morgan fingerprint density at radius 3 is 2.04 bits per heavy atom. The lowest BCUT2D eigenvalue weighted by molar-refractivity contribution is -0.363. The van der Waals surface area contributed by atoms with E-state index in [1.807, 2.05) is 0 Å². The Morgan fingerprint density at radius 1 is 0.913 bits per heavy atom. The topological polar surface area (TPSA) is 181 Å². The highest BCUT2D eigenvalue weighted by molar-refractivity contribution is 5.89. The minimum absolute atomic E-state index is 0.103. The zero-order valence-corrected chi connectivity index (χ0v) is 27.4. The van der Waals surface area contributed by atoms with Gasteiger partial charge in [-0.2, -0.15) is 0 Å². The van der Waals surface area contributed by atoms with Crippen LogP contribution in [0, 0.1) is 17.3 Å². The summed E-state index contributed by atoms with van der Waals surface area (Å²) in [7, 11) is 0. The molecule has 0 radical (unpaired) electrons. The summed E-state index contributed by atoms with van der Waals surface area (Å²) >= 11 is 0. The van der Waals surface area contributed by atoms with Gasteiger partial charge < -0.3 is 38.6 Å². The van der Waals surface area contributed by atoms with E-state index in [0.29, 0.717) is 6.42 Å². The second kappa shape index (κ2) is 12.6. The number of aliphatic hydroxyl groups excluding tert-OH is 1. The van der Waals surface area contributed by atoms with Crippen LogP contribution in [0.2, 0.25) is 0 Å².